The zero-order valence-corrected chi connectivity index (χ0v) is 20.6. The predicted octanol–water partition coefficient (Wildman–Crippen LogP) is 3.16. The molecule has 0 saturated carbocycles. The molecule has 0 heterocycles. The highest BCUT2D eigenvalue weighted by atomic mass is 32.3. The Balaban J connectivity index is 3.60. The van der Waals surface area contributed by atoms with E-state index in [4.69, 9.17) is 0 Å². The molecule has 0 radical (unpaired) electrons. The molecular formula is C14H10F12O8S4. The fraction of sp³-hybridized carbons (Fsp3) is 0.571. The van der Waals surface area contributed by atoms with Crippen molar-refractivity contribution >= 4 is 39.3 Å². The molecule has 0 spiro atoms. The molecule has 38 heavy (non-hydrogen) atoms. The van der Waals surface area contributed by atoms with Gasteiger partial charge in [-0.3, -0.25) is 0 Å². The van der Waals surface area contributed by atoms with E-state index >= 15 is 0 Å². The first-order chi connectivity index (χ1) is 16.4. The monoisotopic (exact) mass is 662 g/mol. The minimum atomic E-state index is -7.09. The van der Waals surface area contributed by atoms with Gasteiger partial charge in [0.05, 0.1) is 0 Å². The molecule has 0 fully saturated rings. The van der Waals surface area contributed by atoms with Crippen LogP contribution in [0.15, 0.2) is 24.3 Å². The van der Waals surface area contributed by atoms with Crippen molar-refractivity contribution in [3.8, 4) is 0 Å². The van der Waals surface area contributed by atoms with E-state index in [0.29, 0.717) is 0 Å². The van der Waals surface area contributed by atoms with E-state index in [9.17, 15) is 86.4 Å². The van der Waals surface area contributed by atoms with Crippen molar-refractivity contribution in [1.29, 1.82) is 0 Å². The van der Waals surface area contributed by atoms with Crippen LogP contribution in [-0.4, -0.2) is 64.9 Å². The Bertz CT molecular complexity index is 1250. The highest BCUT2D eigenvalue weighted by molar-refractivity contribution is 8.10. The molecule has 222 valence electrons. The molecule has 1 aromatic carbocycles. The summed E-state index contributed by atoms with van der Waals surface area (Å²) in [5, 5.41) is 0. The van der Waals surface area contributed by atoms with Crippen LogP contribution in [0.5, 0.6) is 0 Å². The standard InChI is InChI=1S/C14H10F12O8S4/c15-11(16,17)35(27,28)9(36(29,30)12(18,19)20)5-7-1-2-8(4-3-7)6-10(37(31,32)13(21,22)23)38(33,34)14(24,25)26/h1-4,9-10H,5-6H2. The molecule has 0 atom stereocenters. The summed E-state index contributed by atoms with van der Waals surface area (Å²) in [6.07, 6.45) is -4.18. The zero-order chi connectivity index (χ0) is 30.6. The highest BCUT2D eigenvalue weighted by Gasteiger charge is 2.64. The summed E-state index contributed by atoms with van der Waals surface area (Å²) in [6, 6.07) is 0.935. The number of hydrogen-bond donors (Lipinski definition) is 0. The minimum absolute atomic E-state index is 0.234. The molecule has 0 bridgehead atoms. The molecule has 1 aromatic rings. The quantitative estimate of drug-likeness (QED) is 0.388. The normalized spacial score (nSPS) is 15.3. The highest BCUT2D eigenvalue weighted by Crippen LogP contribution is 2.39. The first-order valence-corrected chi connectivity index (χ1v) is 14.9. The van der Waals surface area contributed by atoms with Gasteiger partial charge in [-0.1, -0.05) is 24.3 Å². The smallest absolute Gasteiger partial charge is 0.218 e. The molecule has 0 unspecified atom stereocenters. The summed E-state index contributed by atoms with van der Waals surface area (Å²) in [6.45, 7) is 0. The van der Waals surface area contributed by atoms with E-state index in [1.807, 2.05) is 0 Å². The van der Waals surface area contributed by atoms with Gasteiger partial charge in [-0.2, -0.15) is 52.7 Å². The molecule has 1 rings (SSSR count). The van der Waals surface area contributed by atoms with Crippen LogP contribution in [0, 0.1) is 0 Å². The lowest BCUT2D eigenvalue weighted by atomic mass is 10.1. The number of rotatable bonds is 8. The fourth-order valence-corrected chi connectivity index (χ4v) is 9.38. The average Bonchev–Trinajstić information content (AvgIpc) is 2.67. The van der Waals surface area contributed by atoms with Crippen LogP contribution in [0.4, 0.5) is 52.7 Å². The van der Waals surface area contributed by atoms with Crippen LogP contribution in [0.2, 0.25) is 0 Å². The first kappa shape index (κ1) is 34.2. The molecule has 0 saturated heterocycles. The topological polar surface area (TPSA) is 137 Å². The fourth-order valence-electron chi connectivity index (χ4n) is 2.56. The van der Waals surface area contributed by atoms with Gasteiger partial charge in [-0.15, -0.1) is 0 Å². The van der Waals surface area contributed by atoms with E-state index in [-0.39, 0.29) is 24.3 Å². The third kappa shape index (κ3) is 6.48. The van der Waals surface area contributed by atoms with Crippen molar-refractivity contribution < 1.29 is 86.4 Å². The zero-order valence-electron chi connectivity index (χ0n) is 17.3. The van der Waals surface area contributed by atoms with Crippen LogP contribution in [0.3, 0.4) is 0 Å². The summed E-state index contributed by atoms with van der Waals surface area (Å²) in [5.41, 5.74) is -28.1. The Morgan fingerprint density at radius 2 is 0.579 bits per heavy atom. The van der Waals surface area contributed by atoms with E-state index in [1.165, 1.54) is 0 Å². The second-order valence-corrected chi connectivity index (χ2v) is 16.1. The molecule has 0 aliphatic carbocycles. The summed E-state index contributed by atoms with van der Waals surface area (Å²) in [5.74, 6) is 0. The largest absolute Gasteiger partial charge is 0.498 e. The van der Waals surface area contributed by atoms with Crippen LogP contribution in [0.1, 0.15) is 11.1 Å². The van der Waals surface area contributed by atoms with Crippen molar-refractivity contribution in [2.45, 2.75) is 44.0 Å². The number of halogens is 12. The summed E-state index contributed by atoms with van der Waals surface area (Å²) in [4.78, 5) is 0. The van der Waals surface area contributed by atoms with Crippen LogP contribution >= 0.6 is 0 Å². The van der Waals surface area contributed by atoms with Gasteiger partial charge in [0.1, 0.15) is 0 Å². The lowest BCUT2D eigenvalue weighted by Gasteiger charge is -2.22. The van der Waals surface area contributed by atoms with E-state index < -0.39 is 94.5 Å². The SMILES string of the molecule is O=S(=O)(C(Cc1ccc(CC(S(=O)(=O)C(F)(F)F)S(=O)(=O)C(F)(F)F)cc1)S(=O)(=O)C(F)(F)F)C(F)(F)F. The second kappa shape index (κ2) is 9.98. The van der Waals surface area contributed by atoms with Crippen molar-refractivity contribution in [3.63, 3.8) is 0 Å². The predicted molar refractivity (Wildman–Crippen MR) is 101 cm³/mol. The maximum absolute atomic E-state index is 12.8. The maximum Gasteiger partial charge on any atom is 0.498 e. The Hall–Kier alpha value is -1.82. The third-order valence-electron chi connectivity index (χ3n) is 4.50. The Labute approximate surface area is 205 Å². The molecule has 0 amide bonds. The Kier molecular flexibility index (Phi) is 8.98. The van der Waals surface area contributed by atoms with Crippen molar-refractivity contribution in [1.82, 2.24) is 0 Å². The van der Waals surface area contributed by atoms with E-state index in [1.54, 1.807) is 0 Å². The first-order valence-electron chi connectivity index (χ1n) is 8.71. The molecule has 24 heteroatoms. The summed E-state index contributed by atoms with van der Waals surface area (Å²) in [7, 11) is -28.4. The van der Waals surface area contributed by atoms with Crippen molar-refractivity contribution in [2.24, 2.45) is 0 Å². The Morgan fingerprint density at radius 1 is 0.421 bits per heavy atom. The van der Waals surface area contributed by atoms with Crippen LogP contribution in [-0.2, 0) is 52.2 Å². The second-order valence-electron chi connectivity index (χ2n) is 7.05. The minimum Gasteiger partial charge on any atom is -0.218 e. The number of hydrogen-bond acceptors (Lipinski definition) is 8. The van der Waals surface area contributed by atoms with Crippen LogP contribution < -0.4 is 0 Å². The molecule has 0 aliphatic rings. The number of benzene rings is 1. The molecular weight excluding hydrogens is 652 g/mol. The summed E-state index contributed by atoms with van der Waals surface area (Å²) < 4.78 is 237. The van der Waals surface area contributed by atoms with E-state index in [2.05, 4.69) is 0 Å². The van der Waals surface area contributed by atoms with Gasteiger partial charge < -0.3 is 0 Å². The van der Waals surface area contributed by atoms with Gasteiger partial charge >= 0.3 is 22.0 Å². The van der Waals surface area contributed by atoms with Crippen molar-refractivity contribution in [3.05, 3.63) is 35.4 Å². The van der Waals surface area contributed by atoms with Gasteiger partial charge in [-0.25, -0.2) is 33.7 Å². The average molecular weight is 662 g/mol. The van der Waals surface area contributed by atoms with Crippen LogP contribution in [0.25, 0.3) is 0 Å². The number of alkyl halides is 12. The maximum atomic E-state index is 12.8. The molecule has 0 N–H and O–H groups in total. The third-order valence-corrected chi connectivity index (χ3v) is 13.6. The van der Waals surface area contributed by atoms with Gasteiger partial charge in [0.15, 0.2) is 9.16 Å². The van der Waals surface area contributed by atoms with E-state index in [0.717, 1.165) is 0 Å². The molecule has 0 aromatic heterocycles. The molecule has 8 nitrogen and oxygen atoms in total. The van der Waals surface area contributed by atoms with Gasteiger partial charge in [-0.05, 0) is 11.1 Å². The lowest BCUT2D eigenvalue weighted by molar-refractivity contribution is -0.0483. The lowest BCUT2D eigenvalue weighted by Crippen LogP contribution is -2.46. The van der Waals surface area contributed by atoms with Gasteiger partial charge in [0.2, 0.25) is 0 Å². The number of sulfone groups is 4. The van der Waals surface area contributed by atoms with Crippen molar-refractivity contribution in [2.75, 3.05) is 0 Å². The van der Waals surface area contributed by atoms with Gasteiger partial charge in [0.25, 0.3) is 39.3 Å². The summed E-state index contributed by atoms with van der Waals surface area (Å²) >= 11 is 0. The molecule has 0 aliphatic heterocycles. The van der Waals surface area contributed by atoms with Gasteiger partial charge in [0, 0.05) is 12.8 Å². The Morgan fingerprint density at radius 3 is 0.711 bits per heavy atom.